The van der Waals surface area contributed by atoms with E-state index in [2.05, 4.69) is 15.3 Å². The molecular formula is C13H10N4O2S2. The van der Waals surface area contributed by atoms with Crippen molar-refractivity contribution in [2.24, 2.45) is 0 Å². The Labute approximate surface area is 127 Å². The van der Waals surface area contributed by atoms with Crippen molar-refractivity contribution in [2.75, 3.05) is 5.32 Å². The van der Waals surface area contributed by atoms with Gasteiger partial charge in [-0.1, -0.05) is 6.07 Å². The summed E-state index contributed by atoms with van der Waals surface area (Å²) in [5.41, 5.74) is 0.356. The fourth-order valence-corrected chi connectivity index (χ4v) is 2.94. The normalized spacial score (nSPS) is 10.5. The Bertz CT molecular complexity index is 794. The van der Waals surface area contributed by atoms with Gasteiger partial charge >= 0.3 is 0 Å². The molecule has 3 aromatic heterocycles. The number of thiophene rings is 1. The van der Waals surface area contributed by atoms with Crippen molar-refractivity contribution in [3.8, 4) is 10.6 Å². The van der Waals surface area contributed by atoms with Gasteiger partial charge in [0.25, 0.3) is 5.56 Å². The van der Waals surface area contributed by atoms with E-state index in [1.807, 2.05) is 17.5 Å². The second-order valence-corrected chi connectivity index (χ2v) is 5.95. The zero-order valence-electron chi connectivity index (χ0n) is 10.7. The van der Waals surface area contributed by atoms with Crippen molar-refractivity contribution in [3.63, 3.8) is 0 Å². The number of rotatable bonds is 4. The van der Waals surface area contributed by atoms with Crippen molar-refractivity contribution >= 4 is 33.7 Å². The molecule has 21 heavy (non-hydrogen) atoms. The van der Waals surface area contributed by atoms with Crippen LogP contribution < -0.4 is 10.9 Å². The molecule has 0 unspecified atom stereocenters. The van der Waals surface area contributed by atoms with Gasteiger partial charge in [-0.15, -0.1) is 22.7 Å². The molecule has 0 saturated carbocycles. The summed E-state index contributed by atoms with van der Waals surface area (Å²) in [6, 6.07) is 5.23. The third kappa shape index (κ3) is 3.23. The van der Waals surface area contributed by atoms with Crippen LogP contribution in [0.5, 0.6) is 0 Å². The lowest BCUT2D eigenvalue weighted by Crippen LogP contribution is -2.27. The summed E-state index contributed by atoms with van der Waals surface area (Å²) < 4.78 is 1.26. The maximum atomic E-state index is 12.0. The summed E-state index contributed by atoms with van der Waals surface area (Å²) in [5, 5.41) is 6.82. The monoisotopic (exact) mass is 318 g/mol. The first kappa shape index (κ1) is 13.7. The van der Waals surface area contributed by atoms with Crippen molar-refractivity contribution in [1.82, 2.24) is 14.5 Å². The Morgan fingerprint density at radius 3 is 2.86 bits per heavy atom. The zero-order chi connectivity index (χ0) is 14.7. The summed E-state index contributed by atoms with van der Waals surface area (Å²) in [4.78, 5) is 32.9. The summed E-state index contributed by atoms with van der Waals surface area (Å²) in [6.45, 7) is -0.0872. The van der Waals surface area contributed by atoms with Crippen LogP contribution in [-0.4, -0.2) is 20.4 Å². The topological polar surface area (TPSA) is 76.9 Å². The fraction of sp³-hybridized carbons (Fsp3) is 0.0769. The van der Waals surface area contributed by atoms with Crippen molar-refractivity contribution in [3.05, 3.63) is 51.8 Å². The van der Waals surface area contributed by atoms with Crippen LogP contribution in [0.25, 0.3) is 10.6 Å². The van der Waals surface area contributed by atoms with E-state index in [4.69, 9.17) is 0 Å². The molecule has 3 aromatic rings. The average molecular weight is 318 g/mol. The van der Waals surface area contributed by atoms with Crippen LogP contribution in [0.4, 0.5) is 5.13 Å². The van der Waals surface area contributed by atoms with Gasteiger partial charge in [-0.25, -0.2) is 9.97 Å². The summed E-state index contributed by atoms with van der Waals surface area (Å²) in [7, 11) is 0. The molecule has 0 radical (unpaired) electrons. The molecule has 106 valence electrons. The molecule has 0 fully saturated rings. The van der Waals surface area contributed by atoms with E-state index in [1.54, 1.807) is 11.6 Å². The lowest BCUT2D eigenvalue weighted by Gasteiger charge is -2.05. The van der Waals surface area contributed by atoms with Crippen LogP contribution in [0.3, 0.4) is 0 Å². The molecule has 0 aliphatic carbocycles. The lowest BCUT2D eigenvalue weighted by molar-refractivity contribution is -0.116. The molecule has 0 spiro atoms. The van der Waals surface area contributed by atoms with E-state index in [9.17, 15) is 9.59 Å². The van der Waals surface area contributed by atoms with Gasteiger partial charge in [-0.05, 0) is 11.4 Å². The van der Waals surface area contributed by atoms with Crippen LogP contribution in [-0.2, 0) is 11.3 Å². The van der Waals surface area contributed by atoms with Crippen LogP contribution in [0, 0.1) is 0 Å². The average Bonchev–Trinajstić information content (AvgIpc) is 3.13. The number of nitrogens with one attached hydrogen (secondary N) is 1. The summed E-state index contributed by atoms with van der Waals surface area (Å²) >= 11 is 2.83. The number of amides is 1. The highest BCUT2D eigenvalue weighted by molar-refractivity contribution is 7.13. The fourth-order valence-electron chi connectivity index (χ4n) is 1.70. The van der Waals surface area contributed by atoms with E-state index >= 15 is 0 Å². The maximum Gasteiger partial charge on any atom is 0.254 e. The van der Waals surface area contributed by atoms with Crippen molar-refractivity contribution < 1.29 is 4.79 Å². The SMILES string of the molecule is O=C(Cn1cnc(-c2cccs2)cc1=O)Nc1nccs1. The Morgan fingerprint density at radius 2 is 2.19 bits per heavy atom. The molecule has 0 aliphatic heterocycles. The Morgan fingerprint density at radius 1 is 1.29 bits per heavy atom. The zero-order valence-corrected chi connectivity index (χ0v) is 12.4. The van der Waals surface area contributed by atoms with Crippen LogP contribution in [0.15, 0.2) is 46.3 Å². The third-order valence-corrected chi connectivity index (χ3v) is 4.23. The summed E-state index contributed by atoms with van der Waals surface area (Å²) in [5.74, 6) is -0.308. The standard InChI is InChI=1S/C13H10N4O2S2/c18-11(16-13-14-3-5-21-13)7-17-8-15-9(6-12(17)19)10-2-1-4-20-10/h1-6,8H,7H2,(H,14,16,18). The van der Waals surface area contributed by atoms with E-state index in [-0.39, 0.29) is 18.0 Å². The van der Waals surface area contributed by atoms with E-state index in [1.165, 1.54) is 39.6 Å². The molecule has 6 nitrogen and oxygen atoms in total. The van der Waals surface area contributed by atoms with Crippen molar-refractivity contribution in [2.45, 2.75) is 6.54 Å². The molecular weight excluding hydrogens is 308 g/mol. The first-order chi connectivity index (χ1) is 10.2. The molecule has 3 rings (SSSR count). The van der Waals surface area contributed by atoms with E-state index < -0.39 is 0 Å². The number of anilines is 1. The molecule has 0 saturated heterocycles. The molecule has 8 heteroatoms. The number of thiazole rings is 1. The predicted octanol–water partition coefficient (Wildman–Crippen LogP) is 2.07. The number of carbonyl (C=O) groups is 1. The Kier molecular flexibility index (Phi) is 3.89. The Balaban J connectivity index is 1.74. The highest BCUT2D eigenvalue weighted by atomic mass is 32.1. The first-order valence-electron chi connectivity index (χ1n) is 6.02. The second kappa shape index (κ2) is 5.98. The quantitative estimate of drug-likeness (QED) is 0.799. The molecule has 0 aliphatic rings. The second-order valence-electron chi connectivity index (χ2n) is 4.10. The number of hydrogen-bond donors (Lipinski definition) is 1. The molecule has 3 heterocycles. The largest absolute Gasteiger partial charge is 0.300 e. The minimum atomic E-state index is -0.308. The van der Waals surface area contributed by atoms with E-state index in [0.717, 1.165) is 4.88 Å². The first-order valence-corrected chi connectivity index (χ1v) is 7.78. The number of nitrogens with zero attached hydrogens (tertiary/aromatic N) is 3. The predicted molar refractivity (Wildman–Crippen MR) is 82.6 cm³/mol. The highest BCUT2D eigenvalue weighted by Crippen LogP contribution is 2.20. The van der Waals surface area contributed by atoms with Crippen LogP contribution >= 0.6 is 22.7 Å². The smallest absolute Gasteiger partial charge is 0.254 e. The van der Waals surface area contributed by atoms with Gasteiger partial charge in [0.05, 0.1) is 16.9 Å². The lowest BCUT2D eigenvalue weighted by atomic mass is 10.3. The molecule has 0 atom stereocenters. The molecule has 1 N–H and O–H groups in total. The van der Waals surface area contributed by atoms with Gasteiger partial charge in [-0.2, -0.15) is 0 Å². The number of aromatic nitrogens is 3. The minimum absolute atomic E-state index is 0.0872. The highest BCUT2D eigenvalue weighted by Gasteiger charge is 2.08. The minimum Gasteiger partial charge on any atom is -0.300 e. The van der Waals surface area contributed by atoms with Gasteiger partial charge in [0.15, 0.2) is 5.13 Å². The maximum absolute atomic E-state index is 12.0. The van der Waals surface area contributed by atoms with Crippen molar-refractivity contribution in [1.29, 1.82) is 0 Å². The van der Waals surface area contributed by atoms with Gasteiger partial charge in [0.1, 0.15) is 6.54 Å². The Hall–Kier alpha value is -2.32. The molecule has 1 amide bonds. The molecule has 0 aromatic carbocycles. The van der Waals surface area contributed by atoms with Gasteiger partial charge in [0, 0.05) is 17.6 Å². The van der Waals surface area contributed by atoms with Gasteiger partial charge in [0.2, 0.25) is 5.91 Å². The molecule has 0 bridgehead atoms. The third-order valence-electron chi connectivity index (χ3n) is 2.65. The van der Waals surface area contributed by atoms with Gasteiger partial charge in [-0.3, -0.25) is 14.2 Å². The van der Waals surface area contributed by atoms with Crippen LogP contribution in [0.1, 0.15) is 0 Å². The number of carbonyl (C=O) groups excluding carboxylic acids is 1. The van der Waals surface area contributed by atoms with Gasteiger partial charge < -0.3 is 5.32 Å². The summed E-state index contributed by atoms with van der Waals surface area (Å²) in [6.07, 6.45) is 2.99. The number of hydrogen-bond acceptors (Lipinski definition) is 6. The van der Waals surface area contributed by atoms with E-state index in [0.29, 0.717) is 10.8 Å². The van der Waals surface area contributed by atoms with Crippen LogP contribution in [0.2, 0.25) is 0 Å².